The van der Waals surface area contributed by atoms with Crippen LogP contribution in [-0.4, -0.2) is 0 Å². The molecule has 0 aliphatic heterocycles. The first kappa shape index (κ1) is 34.8. The molecule has 0 bridgehead atoms. The molecule has 0 N–H and O–H groups in total. The highest BCUT2D eigenvalue weighted by Crippen LogP contribution is 2.60. The molecule has 0 amide bonds. The zero-order valence-electron chi connectivity index (χ0n) is 34.4. The standard InChI is InChI=1S/C57H45NS/c1-55(2)44-21-13-10-18-38(44)40-27-25-36(31-47(40)55)58(37-26-28-41-39-19-11-14-22-45(39)56(3,4)48(41)32-37)54-52-42-20-12-15-23-46(42)57(5,6)49(52)33-51-53(54)43-30-35(24-29-50(43)59-51)34-16-8-7-9-17-34/h7-33H,1-6H3. The monoisotopic (exact) mass is 775 g/mol. The third-order valence-electron chi connectivity index (χ3n) is 14.3. The van der Waals surface area contributed by atoms with Crippen LogP contribution < -0.4 is 4.90 Å². The van der Waals surface area contributed by atoms with E-state index in [2.05, 4.69) is 210 Å². The highest BCUT2D eigenvalue weighted by atomic mass is 32.1. The molecule has 0 radical (unpaired) electrons. The summed E-state index contributed by atoms with van der Waals surface area (Å²) in [5.74, 6) is 0. The Morgan fingerprint density at radius 1 is 0.373 bits per heavy atom. The largest absolute Gasteiger partial charge is 0.309 e. The predicted octanol–water partition coefficient (Wildman–Crippen LogP) is 16.1. The van der Waals surface area contributed by atoms with Crippen LogP contribution in [0.1, 0.15) is 74.9 Å². The minimum Gasteiger partial charge on any atom is -0.309 e. The molecule has 1 heterocycles. The summed E-state index contributed by atoms with van der Waals surface area (Å²) in [7, 11) is 0. The normalized spacial score (nSPS) is 15.7. The van der Waals surface area contributed by atoms with Gasteiger partial charge < -0.3 is 4.90 Å². The van der Waals surface area contributed by atoms with Crippen molar-refractivity contribution in [3.63, 3.8) is 0 Å². The summed E-state index contributed by atoms with van der Waals surface area (Å²) in [6.45, 7) is 14.4. The molecule has 0 saturated carbocycles. The van der Waals surface area contributed by atoms with E-state index in [1.54, 1.807) is 0 Å². The van der Waals surface area contributed by atoms with Crippen molar-refractivity contribution >= 4 is 48.6 Å². The quantitative estimate of drug-likeness (QED) is 0.172. The molecule has 3 aliphatic carbocycles. The van der Waals surface area contributed by atoms with E-state index in [9.17, 15) is 0 Å². The van der Waals surface area contributed by atoms with E-state index >= 15 is 0 Å². The average molecular weight is 776 g/mol. The van der Waals surface area contributed by atoms with Gasteiger partial charge in [0.25, 0.3) is 0 Å². The molecule has 0 saturated heterocycles. The van der Waals surface area contributed by atoms with Gasteiger partial charge in [-0.3, -0.25) is 0 Å². The number of rotatable bonds is 4. The fourth-order valence-corrected chi connectivity index (χ4v) is 12.3. The number of hydrogen-bond acceptors (Lipinski definition) is 2. The number of fused-ring (bicyclic) bond motifs is 12. The molecule has 2 heteroatoms. The van der Waals surface area contributed by atoms with E-state index in [0.29, 0.717) is 0 Å². The molecular weight excluding hydrogens is 731 g/mol. The van der Waals surface area contributed by atoms with Gasteiger partial charge in [0.15, 0.2) is 0 Å². The van der Waals surface area contributed by atoms with E-state index in [-0.39, 0.29) is 16.2 Å². The zero-order valence-corrected chi connectivity index (χ0v) is 35.3. The summed E-state index contributed by atoms with van der Waals surface area (Å²) >= 11 is 1.93. The third-order valence-corrected chi connectivity index (χ3v) is 15.4. The molecule has 1 nitrogen and oxygen atoms in total. The lowest BCUT2D eigenvalue weighted by atomic mass is 9.81. The van der Waals surface area contributed by atoms with Gasteiger partial charge in [-0.2, -0.15) is 0 Å². The Hall–Kier alpha value is -6.22. The van der Waals surface area contributed by atoms with Crippen molar-refractivity contribution < 1.29 is 0 Å². The van der Waals surface area contributed by atoms with Gasteiger partial charge in [0.2, 0.25) is 0 Å². The predicted molar refractivity (Wildman–Crippen MR) is 252 cm³/mol. The second kappa shape index (κ2) is 11.9. The second-order valence-electron chi connectivity index (χ2n) is 18.5. The maximum absolute atomic E-state index is 2.65. The van der Waals surface area contributed by atoms with E-state index in [1.807, 2.05) is 11.3 Å². The van der Waals surface area contributed by atoms with Crippen LogP contribution in [0.3, 0.4) is 0 Å². The smallest absolute Gasteiger partial charge is 0.0636 e. The Kier molecular flexibility index (Phi) is 7.04. The summed E-state index contributed by atoms with van der Waals surface area (Å²) in [6.07, 6.45) is 0. The lowest BCUT2D eigenvalue weighted by Crippen LogP contribution is -2.19. The van der Waals surface area contributed by atoms with Gasteiger partial charge in [-0.15, -0.1) is 11.3 Å². The third kappa shape index (κ3) is 4.67. The van der Waals surface area contributed by atoms with Crippen LogP contribution in [0.25, 0.3) is 64.7 Å². The summed E-state index contributed by atoms with van der Waals surface area (Å²) in [6, 6.07) is 62.3. The minimum absolute atomic E-state index is 0.141. The molecule has 59 heavy (non-hydrogen) atoms. The Morgan fingerprint density at radius 2 is 0.864 bits per heavy atom. The first-order valence-corrected chi connectivity index (χ1v) is 21.8. The fourth-order valence-electron chi connectivity index (χ4n) is 11.2. The van der Waals surface area contributed by atoms with Crippen molar-refractivity contribution in [2.24, 2.45) is 0 Å². The number of nitrogens with zero attached hydrogens (tertiary/aromatic N) is 1. The van der Waals surface area contributed by atoms with Crippen LogP contribution in [-0.2, 0) is 16.2 Å². The van der Waals surface area contributed by atoms with Crippen LogP contribution in [0.15, 0.2) is 164 Å². The van der Waals surface area contributed by atoms with Gasteiger partial charge >= 0.3 is 0 Å². The van der Waals surface area contributed by atoms with Crippen molar-refractivity contribution in [2.45, 2.75) is 57.8 Å². The van der Waals surface area contributed by atoms with Crippen LogP contribution in [0.4, 0.5) is 17.1 Å². The topological polar surface area (TPSA) is 3.24 Å². The van der Waals surface area contributed by atoms with E-state index in [1.165, 1.54) is 115 Å². The Morgan fingerprint density at radius 3 is 1.46 bits per heavy atom. The second-order valence-corrected chi connectivity index (χ2v) is 19.6. The van der Waals surface area contributed by atoms with Gasteiger partial charge in [-0.05, 0) is 115 Å². The fraction of sp³-hybridized carbons (Fsp3) is 0.158. The molecule has 1 aromatic heterocycles. The first-order valence-electron chi connectivity index (χ1n) is 21.0. The van der Waals surface area contributed by atoms with Crippen LogP contribution in [0.5, 0.6) is 0 Å². The zero-order chi connectivity index (χ0) is 40.0. The lowest BCUT2D eigenvalue weighted by molar-refractivity contribution is 0.660. The molecule has 0 fully saturated rings. The molecular formula is C57H45NS. The molecule has 0 spiro atoms. The van der Waals surface area contributed by atoms with Gasteiger partial charge in [0, 0.05) is 53.4 Å². The van der Waals surface area contributed by atoms with Crippen molar-refractivity contribution in [3.05, 3.63) is 197 Å². The maximum Gasteiger partial charge on any atom is 0.0636 e. The molecule has 12 rings (SSSR count). The van der Waals surface area contributed by atoms with Gasteiger partial charge in [-0.25, -0.2) is 0 Å². The lowest BCUT2D eigenvalue weighted by Gasteiger charge is -2.32. The van der Waals surface area contributed by atoms with Crippen molar-refractivity contribution in [3.8, 4) is 44.5 Å². The SMILES string of the molecule is CC1(C)c2ccccc2-c2ccc(N(c3ccc4c(c3)C(C)(C)c3ccccc3-4)c3c4c(cc5sc6ccc(-c7ccccc7)cc6c35)C(C)(C)c3ccccc3-4)cc21. The summed E-state index contributed by atoms with van der Waals surface area (Å²) in [5, 5.41) is 2.62. The molecule has 0 unspecified atom stereocenters. The Balaban J connectivity index is 1.22. The highest BCUT2D eigenvalue weighted by molar-refractivity contribution is 7.26. The number of thiophene rings is 1. The molecule has 8 aromatic carbocycles. The number of anilines is 3. The summed E-state index contributed by atoms with van der Waals surface area (Å²) in [5.41, 5.74) is 22.0. The molecule has 3 aliphatic rings. The Labute approximate surface area is 351 Å². The van der Waals surface area contributed by atoms with Gasteiger partial charge in [0.05, 0.1) is 5.69 Å². The highest BCUT2D eigenvalue weighted by Gasteiger charge is 2.42. The van der Waals surface area contributed by atoms with Crippen LogP contribution >= 0.6 is 11.3 Å². The van der Waals surface area contributed by atoms with Crippen LogP contribution in [0.2, 0.25) is 0 Å². The minimum atomic E-state index is -0.172. The first-order chi connectivity index (χ1) is 28.5. The van der Waals surface area contributed by atoms with E-state index in [0.717, 1.165) is 0 Å². The van der Waals surface area contributed by atoms with E-state index in [4.69, 9.17) is 0 Å². The molecule has 9 aromatic rings. The van der Waals surface area contributed by atoms with Crippen LogP contribution in [0, 0.1) is 0 Å². The van der Waals surface area contributed by atoms with Gasteiger partial charge in [-0.1, -0.05) is 163 Å². The summed E-state index contributed by atoms with van der Waals surface area (Å²) < 4.78 is 2.64. The Bertz CT molecular complexity index is 3140. The summed E-state index contributed by atoms with van der Waals surface area (Å²) in [4.78, 5) is 2.65. The molecule has 0 atom stereocenters. The number of hydrogen-bond donors (Lipinski definition) is 0. The average Bonchev–Trinajstić information content (AvgIpc) is 3.89. The van der Waals surface area contributed by atoms with Gasteiger partial charge in [0.1, 0.15) is 0 Å². The van der Waals surface area contributed by atoms with E-state index < -0.39 is 0 Å². The maximum atomic E-state index is 2.65. The molecule has 284 valence electrons. The number of benzene rings is 8. The van der Waals surface area contributed by atoms with Crippen molar-refractivity contribution in [1.29, 1.82) is 0 Å². The van der Waals surface area contributed by atoms with Crippen molar-refractivity contribution in [1.82, 2.24) is 0 Å². The van der Waals surface area contributed by atoms with Crippen molar-refractivity contribution in [2.75, 3.05) is 4.90 Å².